The number of benzene rings is 1. The fourth-order valence-electron chi connectivity index (χ4n) is 3.45. The topological polar surface area (TPSA) is 73.5 Å². The largest absolute Gasteiger partial charge is 0.344 e. The van der Waals surface area contributed by atoms with Crippen molar-refractivity contribution in [3.05, 3.63) is 29.3 Å². The Hall–Kier alpha value is -2.15. The summed E-state index contributed by atoms with van der Waals surface area (Å²) >= 11 is 5.29. The molecule has 1 saturated carbocycles. The van der Waals surface area contributed by atoms with Gasteiger partial charge >= 0.3 is 6.03 Å². The second-order valence-corrected chi connectivity index (χ2v) is 7.56. The quantitative estimate of drug-likeness (QED) is 0.558. The van der Waals surface area contributed by atoms with Gasteiger partial charge in [0.2, 0.25) is 0 Å². The van der Waals surface area contributed by atoms with Crippen molar-refractivity contribution in [3.63, 3.8) is 0 Å². The van der Waals surface area contributed by atoms with Crippen LogP contribution in [0.4, 0.5) is 10.5 Å². The molecule has 0 radical (unpaired) electrons. The number of carbonyl (C=O) groups is 2. The summed E-state index contributed by atoms with van der Waals surface area (Å²) in [6, 6.07) is 5.41. The fraction of sp³-hybridized carbons (Fsp3) is 0.500. The molecule has 1 spiro atoms. The molecule has 2 aliphatic rings. The number of hydrazine groups is 1. The Morgan fingerprint density at radius 1 is 1.28 bits per heavy atom. The monoisotopic (exact) mass is 360 g/mol. The molecule has 3 amide bonds. The van der Waals surface area contributed by atoms with Crippen molar-refractivity contribution in [3.8, 4) is 0 Å². The minimum Gasteiger partial charge on any atom is -0.331 e. The number of nitrogens with zero attached hydrogens (tertiary/aromatic N) is 1. The molecule has 25 heavy (non-hydrogen) atoms. The number of hydrogen-bond acceptors (Lipinski definition) is 3. The molecule has 1 aromatic rings. The van der Waals surface area contributed by atoms with Crippen molar-refractivity contribution in [2.45, 2.75) is 52.0 Å². The molecule has 0 unspecified atom stereocenters. The highest BCUT2D eigenvalue weighted by molar-refractivity contribution is 7.80. The van der Waals surface area contributed by atoms with Crippen molar-refractivity contribution in [2.24, 2.45) is 5.92 Å². The molecule has 2 fully saturated rings. The van der Waals surface area contributed by atoms with E-state index < -0.39 is 11.6 Å². The van der Waals surface area contributed by atoms with Crippen molar-refractivity contribution < 1.29 is 9.59 Å². The van der Waals surface area contributed by atoms with Crippen LogP contribution in [0.15, 0.2) is 18.2 Å². The predicted molar refractivity (Wildman–Crippen MR) is 101 cm³/mol. The van der Waals surface area contributed by atoms with Gasteiger partial charge in [-0.1, -0.05) is 19.1 Å². The number of anilines is 1. The first-order chi connectivity index (χ1) is 11.8. The summed E-state index contributed by atoms with van der Waals surface area (Å²) in [5, 5.41) is 7.16. The number of rotatable bonds is 2. The number of hydrogen-bond donors (Lipinski definition) is 3. The van der Waals surface area contributed by atoms with Crippen molar-refractivity contribution in [1.29, 1.82) is 0 Å². The maximum atomic E-state index is 12.8. The highest BCUT2D eigenvalue weighted by Crippen LogP contribution is 2.35. The Bertz CT molecular complexity index is 726. The van der Waals surface area contributed by atoms with E-state index in [1.807, 2.05) is 32.0 Å². The van der Waals surface area contributed by atoms with E-state index in [0.29, 0.717) is 18.8 Å². The van der Waals surface area contributed by atoms with Gasteiger partial charge in [0.05, 0.1) is 0 Å². The van der Waals surface area contributed by atoms with Gasteiger partial charge in [-0.05, 0) is 74.9 Å². The maximum absolute atomic E-state index is 12.8. The van der Waals surface area contributed by atoms with Crippen LogP contribution in [0, 0.1) is 19.8 Å². The summed E-state index contributed by atoms with van der Waals surface area (Å²) in [6.07, 6.45) is 3.22. The molecule has 134 valence electrons. The van der Waals surface area contributed by atoms with E-state index in [0.717, 1.165) is 34.7 Å². The molecule has 1 heterocycles. The van der Waals surface area contributed by atoms with Crippen LogP contribution in [0.5, 0.6) is 0 Å². The summed E-state index contributed by atoms with van der Waals surface area (Å²) in [5.74, 6) is 0.346. The molecular weight excluding hydrogens is 336 g/mol. The number of thiocarbonyl (C=S) groups is 1. The third-order valence-corrected chi connectivity index (χ3v) is 5.55. The lowest BCUT2D eigenvalue weighted by molar-refractivity contribution is -0.133. The van der Waals surface area contributed by atoms with E-state index in [4.69, 9.17) is 12.2 Å². The van der Waals surface area contributed by atoms with Crippen LogP contribution in [-0.2, 0) is 4.79 Å². The lowest BCUT2D eigenvalue weighted by Crippen LogP contribution is -2.52. The number of amides is 3. The molecule has 3 rings (SSSR count). The second kappa shape index (κ2) is 6.63. The molecule has 6 nitrogen and oxygen atoms in total. The zero-order valence-electron chi connectivity index (χ0n) is 14.8. The third kappa shape index (κ3) is 3.33. The smallest absolute Gasteiger partial charge is 0.331 e. The van der Waals surface area contributed by atoms with Crippen LogP contribution < -0.4 is 16.1 Å². The molecule has 3 N–H and O–H groups in total. The lowest BCUT2D eigenvalue weighted by atomic mass is 9.77. The van der Waals surface area contributed by atoms with Gasteiger partial charge in [0.1, 0.15) is 5.54 Å². The minimum absolute atomic E-state index is 0.221. The van der Waals surface area contributed by atoms with E-state index in [-0.39, 0.29) is 11.0 Å². The van der Waals surface area contributed by atoms with Gasteiger partial charge < -0.3 is 10.6 Å². The van der Waals surface area contributed by atoms with E-state index >= 15 is 0 Å². The normalized spacial score (nSPS) is 25.9. The van der Waals surface area contributed by atoms with Gasteiger partial charge in [-0.3, -0.25) is 10.2 Å². The fourth-order valence-corrected chi connectivity index (χ4v) is 3.66. The van der Waals surface area contributed by atoms with Gasteiger partial charge in [0, 0.05) is 5.69 Å². The number of urea groups is 1. The molecule has 0 bridgehead atoms. The Morgan fingerprint density at radius 3 is 2.64 bits per heavy atom. The van der Waals surface area contributed by atoms with Crippen LogP contribution in [0.2, 0.25) is 0 Å². The Morgan fingerprint density at radius 2 is 1.96 bits per heavy atom. The summed E-state index contributed by atoms with van der Waals surface area (Å²) in [4.78, 5) is 25.1. The summed E-state index contributed by atoms with van der Waals surface area (Å²) in [6.45, 7) is 6.18. The second-order valence-electron chi connectivity index (χ2n) is 7.15. The molecule has 1 aromatic carbocycles. The average Bonchev–Trinajstić information content (AvgIpc) is 2.79. The van der Waals surface area contributed by atoms with Crippen LogP contribution in [0.25, 0.3) is 0 Å². The van der Waals surface area contributed by atoms with Crippen molar-refractivity contribution in [1.82, 2.24) is 15.8 Å². The molecule has 1 aliphatic carbocycles. The molecule has 0 aromatic heterocycles. The molecule has 1 saturated heterocycles. The zero-order chi connectivity index (χ0) is 18.2. The molecule has 7 heteroatoms. The summed E-state index contributed by atoms with van der Waals surface area (Å²) in [5.41, 5.74) is 5.04. The van der Waals surface area contributed by atoms with E-state index in [2.05, 4.69) is 23.0 Å². The van der Waals surface area contributed by atoms with Crippen LogP contribution >= 0.6 is 12.2 Å². The van der Waals surface area contributed by atoms with Gasteiger partial charge in [0.25, 0.3) is 5.91 Å². The highest BCUT2D eigenvalue weighted by Gasteiger charge is 2.52. The first-order valence-electron chi connectivity index (χ1n) is 8.63. The molecule has 1 aliphatic heterocycles. The van der Waals surface area contributed by atoms with Gasteiger partial charge in [0.15, 0.2) is 5.11 Å². The predicted octanol–water partition coefficient (Wildman–Crippen LogP) is 3.01. The van der Waals surface area contributed by atoms with E-state index in [1.54, 1.807) is 0 Å². The number of imide groups is 1. The Labute approximate surface area is 153 Å². The number of aryl methyl sites for hydroxylation is 1. The van der Waals surface area contributed by atoms with Crippen molar-refractivity contribution in [2.75, 3.05) is 5.32 Å². The lowest BCUT2D eigenvalue weighted by Gasteiger charge is -2.33. The first-order valence-corrected chi connectivity index (χ1v) is 9.04. The minimum atomic E-state index is -0.772. The van der Waals surface area contributed by atoms with Gasteiger partial charge in [-0.2, -0.15) is 5.01 Å². The first kappa shape index (κ1) is 17.7. The maximum Gasteiger partial charge on any atom is 0.344 e. The average molecular weight is 360 g/mol. The highest BCUT2D eigenvalue weighted by atomic mass is 32.1. The Balaban J connectivity index is 1.68. The van der Waals surface area contributed by atoms with Gasteiger partial charge in [-0.25, -0.2) is 4.79 Å². The number of carbonyl (C=O) groups excluding carboxylic acids is 2. The Kier molecular flexibility index (Phi) is 4.69. The third-order valence-electron chi connectivity index (χ3n) is 5.36. The molecular formula is C18H24N4O2S. The van der Waals surface area contributed by atoms with Crippen molar-refractivity contribution >= 4 is 35.0 Å². The SMILES string of the molecule is Cc1cccc(NC(=S)NN2C(=O)NC3(CCC(C)CC3)C2=O)c1C. The van der Waals surface area contributed by atoms with E-state index in [9.17, 15) is 9.59 Å². The zero-order valence-corrected chi connectivity index (χ0v) is 15.6. The summed E-state index contributed by atoms with van der Waals surface area (Å²) in [7, 11) is 0. The number of nitrogens with one attached hydrogen (secondary N) is 3. The molecule has 0 atom stereocenters. The summed E-state index contributed by atoms with van der Waals surface area (Å²) < 4.78 is 0. The van der Waals surface area contributed by atoms with Crippen LogP contribution in [-0.4, -0.2) is 27.6 Å². The van der Waals surface area contributed by atoms with Crippen LogP contribution in [0.1, 0.15) is 43.7 Å². The standard InChI is InChI=1S/C18H24N4O2S/c1-11-7-9-18(10-8-11)15(23)22(17(24)20-18)21-16(25)19-14-6-4-5-12(2)13(14)3/h4-6,11H,7-10H2,1-3H3,(H,20,24)(H2,19,21,25). The van der Waals surface area contributed by atoms with Crippen LogP contribution in [0.3, 0.4) is 0 Å². The van der Waals surface area contributed by atoms with E-state index in [1.165, 1.54) is 0 Å². The van der Waals surface area contributed by atoms with Gasteiger partial charge in [-0.15, -0.1) is 0 Å².